The number of hydrogen-bond donors (Lipinski definition) is 2. The molecule has 5 rings (SSSR count). The normalized spacial score (nSPS) is 26.3. The topological polar surface area (TPSA) is 75.7 Å². The quantitative estimate of drug-likeness (QED) is 0.803. The molecule has 2 N–H and O–H groups in total. The smallest absolute Gasteiger partial charge is 0.319 e. The van der Waals surface area contributed by atoms with Gasteiger partial charge in [0.2, 0.25) is 0 Å². The number of ether oxygens (including phenoxy) is 2. The molecule has 3 fully saturated rings. The van der Waals surface area contributed by atoms with Crippen molar-refractivity contribution in [3.05, 3.63) is 29.6 Å². The maximum atomic E-state index is 12.3. The van der Waals surface area contributed by atoms with Gasteiger partial charge in [0, 0.05) is 48.3 Å². The number of amides is 2. The standard InChI is InChI=1S/C21H26N4O3S/c26-20(23-17-12-19-16(17)2-1-9-28-19)22-15-5-3-14(4-6-15)18-13-29-21(24-18)25-7-10-27-11-8-25/h3-6,13,16-17,19H,1-2,7-12H2,(H2,22,23,26). The molecule has 3 atom stereocenters. The zero-order chi connectivity index (χ0) is 19.6. The number of anilines is 2. The van der Waals surface area contributed by atoms with Gasteiger partial charge in [0.25, 0.3) is 0 Å². The highest BCUT2D eigenvalue weighted by Gasteiger charge is 2.43. The second kappa shape index (κ2) is 8.30. The van der Waals surface area contributed by atoms with E-state index in [4.69, 9.17) is 14.5 Å². The van der Waals surface area contributed by atoms with Crippen LogP contribution in [0.1, 0.15) is 19.3 Å². The van der Waals surface area contributed by atoms with E-state index in [9.17, 15) is 4.79 Å². The molecule has 1 aromatic carbocycles. The molecule has 29 heavy (non-hydrogen) atoms. The fraction of sp³-hybridized carbons (Fsp3) is 0.524. The van der Waals surface area contributed by atoms with E-state index in [0.29, 0.717) is 12.0 Å². The van der Waals surface area contributed by atoms with Crippen LogP contribution in [0.4, 0.5) is 15.6 Å². The SMILES string of the molecule is O=C(Nc1ccc(-c2csc(N3CCOCC3)n2)cc1)NC1CC2OCCCC12. The van der Waals surface area contributed by atoms with Gasteiger partial charge in [-0.05, 0) is 31.4 Å². The molecular formula is C21H26N4O3S. The fourth-order valence-corrected chi connectivity index (χ4v) is 5.21. The number of rotatable bonds is 4. The molecule has 2 saturated heterocycles. The Labute approximate surface area is 174 Å². The van der Waals surface area contributed by atoms with Crippen LogP contribution in [-0.2, 0) is 9.47 Å². The van der Waals surface area contributed by atoms with E-state index in [1.54, 1.807) is 11.3 Å². The Balaban J connectivity index is 1.16. The Bertz CT molecular complexity index is 850. The van der Waals surface area contributed by atoms with Gasteiger partial charge in [-0.1, -0.05) is 12.1 Å². The Morgan fingerprint density at radius 1 is 1.17 bits per heavy atom. The van der Waals surface area contributed by atoms with Gasteiger partial charge in [0.1, 0.15) is 0 Å². The number of carbonyl (C=O) groups is 1. The first-order chi connectivity index (χ1) is 14.3. The van der Waals surface area contributed by atoms with Crippen LogP contribution in [0.25, 0.3) is 11.3 Å². The molecular weight excluding hydrogens is 388 g/mol. The molecule has 1 aliphatic carbocycles. The summed E-state index contributed by atoms with van der Waals surface area (Å²) in [6.45, 7) is 4.15. The summed E-state index contributed by atoms with van der Waals surface area (Å²) in [6, 6.07) is 7.94. The summed E-state index contributed by atoms with van der Waals surface area (Å²) in [5.41, 5.74) is 2.80. The summed E-state index contributed by atoms with van der Waals surface area (Å²) < 4.78 is 11.1. The Morgan fingerprint density at radius 3 is 2.79 bits per heavy atom. The lowest BCUT2D eigenvalue weighted by molar-refractivity contribution is -0.0997. The molecule has 0 spiro atoms. The maximum Gasteiger partial charge on any atom is 0.319 e. The Kier molecular flexibility index (Phi) is 5.39. The summed E-state index contributed by atoms with van der Waals surface area (Å²) in [4.78, 5) is 19.4. The van der Waals surface area contributed by atoms with Crippen LogP contribution in [0, 0.1) is 5.92 Å². The zero-order valence-corrected chi connectivity index (χ0v) is 17.1. The first-order valence-electron chi connectivity index (χ1n) is 10.3. The number of carbonyl (C=O) groups excluding carboxylic acids is 1. The van der Waals surface area contributed by atoms with E-state index in [2.05, 4.69) is 20.9 Å². The van der Waals surface area contributed by atoms with Crippen molar-refractivity contribution in [3.63, 3.8) is 0 Å². The molecule has 2 aliphatic heterocycles. The lowest BCUT2D eigenvalue weighted by atomic mass is 9.72. The first kappa shape index (κ1) is 18.8. The fourth-order valence-electron chi connectivity index (χ4n) is 4.32. The third-order valence-corrected chi connectivity index (χ3v) is 6.92. The van der Waals surface area contributed by atoms with E-state index in [0.717, 1.165) is 74.2 Å². The van der Waals surface area contributed by atoms with E-state index < -0.39 is 0 Å². The van der Waals surface area contributed by atoms with Crippen molar-refractivity contribution in [2.75, 3.05) is 43.1 Å². The molecule has 2 amide bonds. The number of fused-ring (bicyclic) bond motifs is 1. The van der Waals surface area contributed by atoms with E-state index in [1.807, 2.05) is 24.3 Å². The first-order valence-corrected chi connectivity index (χ1v) is 11.2. The number of nitrogens with zero attached hydrogens (tertiary/aromatic N) is 2. The third-order valence-electron chi connectivity index (χ3n) is 6.02. The van der Waals surface area contributed by atoms with Crippen LogP contribution in [0.15, 0.2) is 29.6 Å². The average molecular weight is 415 g/mol. The van der Waals surface area contributed by atoms with Crippen LogP contribution in [0.5, 0.6) is 0 Å². The molecule has 1 saturated carbocycles. The number of thiazole rings is 1. The molecule has 7 nitrogen and oxygen atoms in total. The highest BCUT2D eigenvalue weighted by atomic mass is 32.1. The van der Waals surface area contributed by atoms with Crippen LogP contribution in [-0.4, -0.2) is 56.1 Å². The second-order valence-electron chi connectivity index (χ2n) is 7.85. The lowest BCUT2D eigenvalue weighted by Gasteiger charge is -2.47. The minimum Gasteiger partial charge on any atom is -0.378 e. The molecule has 3 aliphatic rings. The van der Waals surface area contributed by atoms with Crippen molar-refractivity contribution < 1.29 is 14.3 Å². The van der Waals surface area contributed by atoms with Crippen LogP contribution < -0.4 is 15.5 Å². The van der Waals surface area contributed by atoms with Crippen molar-refractivity contribution in [2.45, 2.75) is 31.4 Å². The summed E-state index contributed by atoms with van der Waals surface area (Å²) in [5.74, 6) is 0.474. The van der Waals surface area contributed by atoms with Gasteiger partial charge < -0.3 is 25.0 Å². The average Bonchev–Trinajstić information content (AvgIpc) is 3.24. The summed E-state index contributed by atoms with van der Waals surface area (Å²) in [5, 5.41) is 9.15. The van der Waals surface area contributed by atoms with Crippen molar-refractivity contribution in [1.82, 2.24) is 10.3 Å². The number of aromatic nitrogens is 1. The predicted octanol–water partition coefficient (Wildman–Crippen LogP) is 3.34. The summed E-state index contributed by atoms with van der Waals surface area (Å²) in [6.07, 6.45) is 3.50. The minimum absolute atomic E-state index is 0.143. The van der Waals surface area contributed by atoms with Gasteiger partial charge >= 0.3 is 6.03 Å². The lowest BCUT2D eigenvalue weighted by Crippen LogP contribution is -2.58. The predicted molar refractivity (Wildman–Crippen MR) is 114 cm³/mol. The van der Waals surface area contributed by atoms with E-state index in [-0.39, 0.29) is 12.1 Å². The van der Waals surface area contributed by atoms with Crippen molar-refractivity contribution in [3.8, 4) is 11.3 Å². The van der Waals surface area contributed by atoms with Gasteiger partial charge in [-0.3, -0.25) is 0 Å². The van der Waals surface area contributed by atoms with Crippen LogP contribution in [0.2, 0.25) is 0 Å². The van der Waals surface area contributed by atoms with Crippen molar-refractivity contribution in [1.29, 1.82) is 0 Å². The monoisotopic (exact) mass is 414 g/mol. The third kappa shape index (κ3) is 4.10. The Morgan fingerprint density at radius 2 is 2.00 bits per heavy atom. The number of hydrogen-bond acceptors (Lipinski definition) is 6. The number of benzene rings is 1. The van der Waals surface area contributed by atoms with Gasteiger partial charge in [-0.15, -0.1) is 11.3 Å². The number of nitrogens with one attached hydrogen (secondary N) is 2. The molecule has 8 heteroatoms. The van der Waals surface area contributed by atoms with Gasteiger partial charge in [-0.2, -0.15) is 0 Å². The molecule has 154 valence electrons. The minimum atomic E-state index is -0.143. The van der Waals surface area contributed by atoms with E-state index in [1.165, 1.54) is 0 Å². The van der Waals surface area contributed by atoms with Crippen molar-refractivity contribution >= 4 is 28.2 Å². The summed E-state index contributed by atoms with van der Waals surface area (Å²) >= 11 is 1.66. The largest absolute Gasteiger partial charge is 0.378 e. The number of urea groups is 1. The zero-order valence-electron chi connectivity index (χ0n) is 16.3. The molecule has 1 aromatic heterocycles. The Hall–Kier alpha value is -2.16. The molecule has 0 bridgehead atoms. The van der Waals surface area contributed by atoms with Gasteiger partial charge in [-0.25, -0.2) is 9.78 Å². The molecule has 3 unspecified atom stereocenters. The highest BCUT2D eigenvalue weighted by Crippen LogP contribution is 2.37. The highest BCUT2D eigenvalue weighted by molar-refractivity contribution is 7.14. The van der Waals surface area contributed by atoms with Crippen LogP contribution >= 0.6 is 11.3 Å². The molecule has 2 aromatic rings. The van der Waals surface area contributed by atoms with E-state index >= 15 is 0 Å². The number of morpholine rings is 1. The molecule has 0 radical (unpaired) electrons. The maximum absolute atomic E-state index is 12.3. The molecule has 3 heterocycles. The summed E-state index contributed by atoms with van der Waals surface area (Å²) in [7, 11) is 0. The van der Waals surface area contributed by atoms with Crippen molar-refractivity contribution in [2.24, 2.45) is 5.92 Å². The van der Waals surface area contributed by atoms with Gasteiger partial charge in [0.05, 0.1) is 25.0 Å². The van der Waals surface area contributed by atoms with Gasteiger partial charge in [0.15, 0.2) is 5.13 Å². The second-order valence-corrected chi connectivity index (χ2v) is 8.68. The van der Waals surface area contributed by atoms with Crippen LogP contribution in [0.3, 0.4) is 0 Å².